The molecule has 1 fully saturated rings. The van der Waals surface area contributed by atoms with E-state index in [1.54, 1.807) is 24.3 Å². The highest BCUT2D eigenvalue weighted by atomic mass is 32.2. The van der Waals surface area contributed by atoms with Crippen LogP contribution < -0.4 is 14.4 Å². The van der Waals surface area contributed by atoms with Crippen LogP contribution in [-0.2, 0) is 10.0 Å². The van der Waals surface area contributed by atoms with E-state index in [4.69, 9.17) is 4.74 Å². The third-order valence-electron chi connectivity index (χ3n) is 4.57. The van der Waals surface area contributed by atoms with Crippen LogP contribution >= 0.6 is 0 Å². The van der Waals surface area contributed by atoms with Crippen LogP contribution in [0.1, 0.15) is 27.9 Å². The minimum Gasteiger partial charge on any atom is -0.494 e. The standard InChI is InChI=1S/C19H22N2O4S/c1-13-5-6-15(11-14(13)2)19(22)20-16-7-8-17(18(12-16)25-3)21-9-4-10-26(21,23)24/h5-8,11-12H,4,9-10H2,1-3H3,(H,20,22). The maximum atomic E-state index is 12.5. The summed E-state index contributed by atoms with van der Waals surface area (Å²) in [6.07, 6.45) is 0.594. The van der Waals surface area contributed by atoms with Crippen molar-refractivity contribution in [1.29, 1.82) is 0 Å². The van der Waals surface area contributed by atoms with Gasteiger partial charge in [0, 0.05) is 23.9 Å². The van der Waals surface area contributed by atoms with Crippen molar-refractivity contribution in [2.24, 2.45) is 0 Å². The first-order chi connectivity index (χ1) is 12.3. The van der Waals surface area contributed by atoms with Gasteiger partial charge in [0.2, 0.25) is 10.0 Å². The molecule has 26 heavy (non-hydrogen) atoms. The molecule has 3 rings (SSSR count). The summed E-state index contributed by atoms with van der Waals surface area (Å²) in [7, 11) is -1.81. The number of methoxy groups -OCH3 is 1. The van der Waals surface area contributed by atoms with Crippen molar-refractivity contribution in [3.05, 3.63) is 53.1 Å². The normalized spacial score (nSPS) is 15.7. The van der Waals surface area contributed by atoms with Gasteiger partial charge in [-0.2, -0.15) is 0 Å². The number of anilines is 2. The molecule has 0 bridgehead atoms. The van der Waals surface area contributed by atoms with E-state index in [9.17, 15) is 13.2 Å². The smallest absolute Gasteiger partial charge is 0.255 e. The van der Waals surface area contributed by atoms with Gasteiger partial charge in [-0.05, 0) is 55.7 Å². The lowest BCUT2D eigenvalue weighted by Gasteiger charge is -2.20. The van der Waals surface area contributed by atoms with Gasteiger partial charge in [0.15, 0.2) is 0 Å². The fourth-order valence-electron chi connectivity index (χ4n) is 2.96. The predicted molar refractivity (Wildman–Crippen MR) is 103 cm³/mol. The Morgan fingerprint density at radius 2 is 1.88 bits per heavy atom. The molecule has 1 N–H and O–H groups in total. The Morgan fingerprint density at radius 1 is 1.12 bits per heavy atom. The van der Waals surface area contributed by atoms with Crippen LogP contribution in [0.5, 0.6) is 5.75 Å². The molecule has 2 aromatic rings. The molecule has 0 unspecified atom stereocenters. The molecule has 1 amide bonds. The van der Waals surface area contributed by atoms with Crippen molar-refractivity contribution >= 4 is 27.3 Å². The van der Waals surface area contributed by atoms with Crippen LogP contribution in [0.2, 0.25) is 0 Å². The number of hydrogen-bond donors (Lipinski definition) is 1. The number of carbonyl (C=O) groups is 1. The van der Waals surface area contributed by atoms with E-state index >= 15 is 0 Å². The highest BCUT2D eigenvalue weighted by Crippen LogP contribution is 2.35. The maximum absolute atomic E-state index is 12.5. The third kappa shape index (κ3) is 3.53. The van der Waals surface area contributed by atoms with Gasteiger partial charge in [-0.3, -0.25) is 9.10 Å². The lowest BCUT2D eigenvalue weighted by Crippen LogP contribution is -2.25. The number of sulfonamides is 1. The van der Waals surface area contributed by atoms with Gasteiger partial charge >= 0.3 is 0 Å². The largest absolute Gasteiger partial charge is 0.494 e. The topological polar surface area (TPSA) is 75.7 Å². The fourth-order valence-corrected chi connectivity index (χ4v) is 4.53. The number of ether oxygens (including phenoxy) is 1. The van der Waals surface area contributed by atoms with Crippen LogP contribution in [0.25, 0.3) is 0 Å². The molecule has 0 aliphatic carbocycles. The summed E-state index contributed by atoms with van der Waals surface area (Å²) in [6.45, 7) is 4.39. The molecule has 1 aliphatic rings. The molecule has 0 saturated carbocycles. The number of hydrogen-bond acceptors (Lipinski definition) is 4. The summed E-state index contributed by atoms with van der Waals surface area (Å²) in [5.74, 6) is 0.326. The molecule has 2 aromatic carbocycles. The Balaban J connectivity index is 1.85. The summed E-state index contributed by atoms with van der Waals surface area (Å²) in [5, 5.41) is 2.83. The second-order valence-electron chi connectivity index (χ2n) is 6.38. The van der Waals surface area contributed by atoms with Gasteiger partial charge < -0.3 is 10.1 Å². The zero-order chi connectivity index (χ0) is 18.9. The highest BCUT2D eigenvalue weighted by Gasteiger charge is 2.30. The van der Waals surface area contributed by atoms with Gasteiger partial charge in [0.25, 0.3) is 5.91 Å². The molecule has 138 valence electrons. The summed E-state index contributed by atoms with van der Waals surface area (Å²) in [6, 6.07) is 10.5. The Kier molecular flexibility index (Phi) is 4.91. The number of benzene rings is 2. The first kappa shape index (κ1) is 18.3. The first-order valence-corrected chi connectivity index (χ1v) is 10.00. The van der Waals surface area contributed by atoms with E-state index in [-0.39, 0.29) is 11.7 Å². The second-order valence-corrected chi connectivity index (χ2v) is 8.39. The molecule has 1 aliphatic heterocycles. The highest BCUT2D eigenvalue weighted by molar-refractivity contribution is 7.93. The van der Waals surface area contributed by atoms with Crippen molar-refractivity contribution in [3.63, 3.8) is 0 Å². The molecule has 0 radical (unpaired) electrons. The Bertz CT molecular complexity index is 954. The van der Waals surface area contributed by atoms with E-state index in [2.05, 4.69) is 5.32 Å². The molecule has 0 atom stereocenters. The lowest BCUT2D eigenvalue weighted by molar-refractivity contribution is 0.102. The minimum atomic E-state index is -3.29. The van der Waals surface area contributed by atoms with E-state index in [1.165, 1.54) is 11.4 Å². The third-order valence-corrected chi connectivity index (χ3v) is 6.43. The number of nitrogens with zero attached hydrogens (tertiary/aromatic N) is 1. The molecule has 7 heteroatoms. The van der Waals surface area contributed by atoms with E-state index < -0.39 is 10.0 Å². The van der Waals surface area contributed by atoms with Crippen molar-refractivity contribution in [2.45, 2.75) is 20.3 Å². The van der Waals surface area contributed by atoms with Gasteiger partial charge in [-0.1, -0.05) is 6.07 Å². The average molecular weight is 374 g/mol. The summed E-state index contributed by atoms with van der Waals surface area (Å²) < 4.78 is 31.0. The number of nitrogens with one attached hydrogen (secondary N) is 1. The molecule has 1 heterocycles. The van der Waals surface area contributed by atoms with Crippen molar-refractivity contribution < 1.29 is 17.9 Å². The molecule has 6 nitrogen and oxygen atoms in total. The Hall–Kier alpha value is -2.54. The Labute approximate surface area is 153 Å². The average Bonchev–Trinajstić information content (AvgIpc) is 2.96. The van der Waals surface area contributed by atoms with Gasteiger partial charge in [0.05, 0.1) is 18.6 Å². The second kappa shape index (κ2) is 6.99. The zero-order valence-corrected chi connectivity index (χ0v) is 15.9. The molecular weight excluding hydrogens is 352 g/mol. The molecule has 0 spiro atoms. The number of carbonyl (C=O) groups excluding carboxylic acids is 1. The van der Waals surface area contributed by atoms with Crippen LogP contribution in [0.3, 0.4) is 0 Å². The quantitative estimate of drug-likeness (QED) is 0.892. The van der Waals surface area contributed by atoms with Gasteiger partial charge in [-0.25, -0.2) is 8.42 Å². The minimum absolute atomic E-state index is 0.140. The van der Waals surface area contributed by atoms with E-state index in [1.807, 2.05) is 26.0 Å². The van der Waals surface area contributed by atoms with Gasteiger partial charge in [0.1, 0.15) is 5.75 Å². The first-order valence-electron chi connectivity index (χ1n) is 8.39. The van der Waals surface area contributed by atoms with Crippen molar-refractivity contribution in [2.75, 3.05) is 29.0 Å². The number of aryl methyl sites for hydroxylation is 2. The van der Waals surface area contributed by atoms with Crippen molar-refractivity contribution in [3.8, 4) is 5.75 Å². The number of amides is 1. The fraction of sp³-hybridized carbons (Fsp3) is 0.316. The lowest BCUT2D eigenvalue weighted by atomic mass is 10.1. The number of rotatable bonds is 4. The Morgan fingerprint density at radius 3 is 2.50 bits per heavy atom. The van der Waals surface area contributed by atoms with E-state index in [0.717, 1.165) is 11.1 Å². The SMILES string of the molecule is COc1cc(NC(=O)c2ccc(C)c(C)c2)ccc1N1CCCS1(=O)=O. The van der Waals surface area contributed by atoms with E-state index in [0.29, 0.717) is 35.7 Å². The predicted octanol–water partition coefficient (Wildman–Crippen LogP) is 3.10. The molecule has 1 saturated heterocycles. The zero-order valence-electron chi connectivity index (χ0n) is 15.1. The summed E-state index contributed by atoms with van der Waals surface area (Å²) in [5.41, 5.74) is 3.78. The van der Waals surface area contributed by atoms with Gasteiger partial charge in [-0.15, -0.1) is 0 Å². The molecular formula is C19H22N2O4S. The summed E-state index contributed by atoms with van der Waals surface area (Å²) >= 11 is 0. The van der Waals surface area contributed by atoms with Crippen LogP contribution in [-0.4, -0.2) is 33.7 Å². The van der Waals surface area contributed by atoms with Crippen molar-refractivity contribution in [1.82, 2.24) is 0 Å². The van der Waals surface area contributed by atoms with Crippen LogP contribution in [0.15, 0.2) is 36.4 Å². The van der Waals surface area contributed by atoms with Crippen LogP contribution in [0.4, 0.5) is 11.4 Å². The maximum Gasteiger partial charge on any atom is 0.255 e. The molecule has 0 aromatic heterocycles. The van der Waals surface area contributed by atoms with Crippen LogP contribution in [0, 0.1) is 13.8 Å². The monoisotopic (exact) mass is 374 g/mol. The summed E-state index contributed by atoms with van der Waals surface area (Å²) in [4.78, 5) is 12.5.